The third-order valence-corrected chi connectivity index (χ3v) is 18.4. The SMILES string of the molecule is C=C(COC(=O)c1cccc2ccccc12)CC1CC(O)C2OC3CC4(C)OC5C=CCC6OC7C(C)CC8OC9(C)CC(C)CC%10OC(=O)CC%10OC9CC8OC7C/C=C\CC6OC5CCCC4OC3CC2O1. The fourth-order valence-corrected chi connectivity index (χ4v) is 14.8. The van der Waals surface area contributed by atoms with Crippen LogP contribution in [-0.4, -0.2) is 145 Å². The molecule has 2 aromatic carbocycles. The summed E-state index contributed by atoms with van der Waals surface area (Å²) in [6, 6.07) is 13.4. The number of carbonyl (C=O) groups is 2. The van der Waals surface area contributed by atoms with E-state index in [9.17, 15) is 14.7 Å². The number of esters is 2. The highest BCUT2D eigenvalue weighted by atomic mass is 16.6. The molecule has 74 heavy (non-hydrogen) atoms. The number of fused-ring (bicyclic) bond motifs is 10. The second-order valence-electron chi connectivity index (χ2n) is 24.3. The zero-order chi connectivity index (χ0) is 50.9. The van der Waals surface area contributed by atoms with Crippen molar-refractivity contribution in [1.29, 1.82) is 0 Å². The lowest BCUT2D eigenvalue weighted by atomic mass is 9.78. The molecule has 10 aliphatic rings. The van der Waals surface area contributed by atoms with Gasteiger partial charge in [-0.1, -0.05) is 81.1 Å². The van der Waals surface area contributed by atoms with Crippen LogP contribution in [0.15, 0.2) is 78.9 Å². The minimum atomic E-state index is -0.733. The van der Waals surface area contributed by atoms with Gasteiger partial charge in [0, 0.05) is 25.7 Å². The van der Waals surface area contributed by atoms with Gasteiger partial charge in [-0.15, -0.1) is 0 Å². The Labute approximate surface area is 436 Å². The van der Waals surface area contributed by atoms with Gasteiger partial charge in [-0.05, 0) is 112 Å². The number of benzene rings is 2. The predicted molar refractivity (Wildman–Crippen MR) is 272 cm³/mol. The average Bonchev–Trinajstić information content (AvgIpc) is 3.67. The fourth-order valence-electron chi connectivity index (χ4n) is 14.8. The third kappa shape index (κ3) is 10.4. The van der Waals surface area contributed by atoms with E-state index >= 15 is 0 Å². The monoisotopic (exact) mass is 1020 g/mol. The Hall–Kier alpha value is -3.54. The maximum atomic E-state index is 13.1. The topological polar surface area (TPSA) is 156 Å². The Morgan fingerprint density at radius 3 is 2.30 bits per heavy atom. The molecule has 14 heteroatoms. The number of hydrogen-bond acceptors (Lipinski definition) is 14. The van der Waals surface area contributed by atoms with Crippen molar-refractivity contribution in [2.75, 3.05) is 6.61 Å². The molecule has 22 unspecified atom stereocenters. The highest BCUT2D eigenvalue weighted by Crippen LogP contribution is 2.49. The van der Waals surface area contributed by atoms with Crippen molar-refractivity contribution in [3.63, 3.8) is 0 Å². The number of aliphatic hydroxyl groups excluding tert-OH is 1. The van der Waals surface area contributed by atoms with E-state index in [1.54, 1.807) is 6.07 Å². The molecule has 0 amide bonds. The Morgan fingerprint density at radius 2 is 1.42 bits per heavy atom. The van der Waals surface area contributed by atoms with Crippen molar-refractivity contribution in [2.24, 2.45) is 11.8 Å². The summed E-state index contributed by atoms with van der Waals surface area (Å²) in [7, 11) is 0. The van der Waals surface area contributed by atoms with Crippen LogP contribution in [0, 0.1) is 11.8 Å². The van der Waals surface area contributed by atoms with Crippen LogP contribution in [0.3, 0.4) is 0 Å². The van der Waals surface area contributed by atoms with Crippen molar-refractivity contribution < 1.29 is 66.8 Å². The van der Waals surface area contributed by atoms with E-state index in [0.717, 1.165) is 67.7 Å². The molecule has 8 saturated heterocycles. The first kappa shape index (κ1) is 51.2. The quantitative estimate of drug-likeness (QED) is 0.224. The molecule has 10 heterocycles. The van der Waals surface area contributed by atoms with Gasteiger partial charge in [0.15, 0.2) is 0 Å². The molecular formula is C60H78O14. The molecule has 0 spiro atoms. The number of hydrogen-bond donors (Lipinski definition) is 1. The van der Waals surface area contributed by atoms with Crippen molar-refractivity contribution in [2.45, 2.75) is 245 Å². The summed E-state index contributed by atoms with van der Waals surface area (Å²) in [6.07, 6.45) is 14.6. The van der Waals surface area contributed by atoms with Crippen molar-refractivity contribution in [3.8, 4) is 0 Å². The largest absolute Gasteiger partial charge is 0.459 e. The van der Waals surface area contributed by atoms with Crippen LogP contribution in [0.2, 0.25) is 0 Å². The van der Waals surface area contributed by atoms with Crippen LogP contribution in [0.25, 0.3) is 10.8 Å². The zero-order valence-corrected chi connectivity index (χ0v) is 43.7. The van der Waals surface area contributed by atoms with Crippen LogP contribution in [0.1, 0.15) is 134 Å². The summed E-state index contributed by atoms with van der Waals surface area (Å²) in [6.45, 7) is 13.2. The van der Waals surface area contributed by atoms with E-state index in [1.165, 1.54) is 0 Å². The zero-order valence-electron chi connectivity index (χ0n) is 43.7. The Bertz CT molecular complexity index is 2440. The summed E-state index contributed by atoms with van der Waals surface area (Å²) in [5.74, 6) is -0.0777. The second-order valence-corrected chi connectivity index (χ2v) is 24.3. The Morgan fingerprint density at radius 1 is 0.676 bits per heavy atom. The highest BCUT2D eigenvalue weighted by molar-refractivity contribution is 6.04. The molecule has 0 saturated carbocycles. The van der Waals surface area contributed by atoms with Crippen molar-refractivity contribution in [3.05, 3.63) is 84.5 Å². The molecular weight excluding hydrogens is 945 g/mol. The lowest BCUT2D eigenvalue weighted by Crippen LogP contribution is -2.65. The molecule has 0 aliphatic carbocycles. The van der Waals surface area contributed by atoms with Gasteiger partial charge >= 0.3 is 11.9 Å². The lowest BCUT2D eigenvalue weighted by Gasteiger charge is -2.55. The molecule has 10 aliphatic heterocycles. The Balaban J connectivity index is 0.672. The van der Waals surface area contributed by atoms with Gasteiger partial charge in [-0.2, -0.15) is 0 Å². The first-order chi connectivity index (χ1) is 35.7. The summed E-state index contributed by atoms with van der Waals surface area (Å²) >= 11 is 0. The minimum absolute atomic E-state index is 0.0681. The van der Waals surface area contributed by atoms with E-state index < -0.39 is 29.4 Å². The van der Waals surface area contributed by atoms with Gasteiger partial charge in [0.05, 0.1) is 109 Å². The van der Waals surface area contributed by atoms with E-state index in [2.05, 4.69) is 58.6 Å². The van der Waals surface area contributed by atoms with Crippen LogP contribution < -0.4 is 0 Å². The molecule has 402 valence electrons. The predicted octanol–water partition coefficient (Wildman–Crippen LogP) is 8.76. The molecule has 14 nitrogen and oxygen atoms in total. The maximum absolute atomic E-state index is 13.1. The minimum Gasteiger partial charge on any atom is -0.459 e. The van der Waals surface area contributed by atoms with E-state index in [0.29, 0.717) is 50.0 Å². The van der Waals surface area contributed by atoms with Gasteiger partial charge in [0.2, 0.25) is 0 Å². The molecule has 0 aromatic heterocycles. The van der Waals surface area contributed by atoms with Gasteiger partial charge in [-0.3, -0.25) is 4.79 Å². The molecule has 2 aromatic rings. The average molecular weight is 1020 g/mol. The first-order valence-electron chi connectivity index (χ1n) is 28.2. The summed E-state index contributed by atoms with van der Waals surface area (Å²) < 4.78 is 74.6. The van der Waals surface area contributed by atoms with Gasteiger partial charge < -0.3 is 57.2 Å². The summed E-state index contributed by atoms with van der Waals surface area (Å²) in [4.78, 5) is 25.5. The first-order valence-corrected chi connectivity index (χ1v) is 28.2. The van der Waals surface area contributed by atoms with Gasteiger partial charge in [0.1, 0.15) is 31.0 Å². The lowest BCUT2D eigenvalue weighted by molar-refractivity contribution is -0.316. The van der Waals surface area contributed by atoms with E-state index in [4.69, 9.17) is 52.1 Å². The number of rotatable bonds is 5. The van der Waals surface area contributed by atoms with Gasteiger partial charge in [-0.25, -0.2) is 4.79 Å². The van der Waals surface area contributed by atoms with Crippen LogP contribution in [0.4, 0.5) is 0 Å². The highest BCUT2D eigenvalue weighted by Gasteiger charge is 2.57. The van der Waals surface area contributed by atoms with Crippen molar-refractivity contribution in [1.82, 2.24) is 0 Å². The molecule has 1 N–H and O–H groups in total. The summed E-state index contributed by atoms with van der Waals surface area (Å²) in [5, 5.41) is 13.4. The van der Waals surface area contributed by atoms with Crippen LogP contribution in [-0.2, 0) is 56.9 Å². The smallest absolute Gasteiger partial charge is 0.339 e. The standard InChI is InChI=1S/C60H78O14/c1-33-24-46-49(29-55(62)70-46)69-54-28-48-50(74-59(54,4)30-33)25-35(3)56-45(67-48)18-9-8-17-41-42(71-56)19-11-21-44-43(66-41)20-12-22-53-60(5,73-44)31-52-47(68-53)27-51-57(72-52)40(61)26-37(65-51)23-34(2)32-64-58(63)39-16-10-14-36-13-6-7-15-38(36)39/h6-11,13-16,21,33,35,37,40-54,56-57,61H,2,12,17-20,22-32H2,1,3-5H3/b9-8-,21-11?. The van der Waals surface area contributed by atoms with E-state index in [-0.39, 0.29) is 123 Å². The Kier molecular flexibility index (Phi) is 14.5. The van der Waals surface area contributed by atoms with E-state index in [1.807, 2.05) is 36.4 Å². The number of carbonyl (C=O) groups excluding carboxylic acids is 2. The molecule has 8 fully saturated rings. The molecule has 22 atom stereocenters. The molecule has 0 bridgehead atoms. The fraction of sp³-hybridized carbons (Fsp3) is 0.700. The van der Waals surface area contributed by atoms with Crippen LogP contribution >= 0.6 is 0 Å². The maximum Gasteiger partial charge on any atom is 0.339 e. The van der Waals surface area contributed by atoms with Crippen molar-refractivity contribution >= 4 is 22.7 Å². The second kappa shape index (κ2) is 21.0. The molecule has 12 rings (SSSR count). The van der Waals surface area contributed by atoms with Gasteiger partial charge in [0.25, 0.3) is 0 Å². The number of ether oxygens (including phenoxy) is 11. The summed E-state index contributed by atoms with van der Waals surface area (Å²) in [5.41, 5.74) is 0.104. The molecule has 0 radical (unpaired) electrons. The third-order valence-electron chi connectivity index (χ3n) is 18.4. The number of aliphatic hydroxyl groups is 1. The van der Waals surface area contributed by atoms with Crippen LogP contribution in [0.5, 0.6) is 0 Å². The normalized spacial score (nSPS) is 46.5.